The predicted octanol–water partition coefficient (Wildman–Crippen LogP) is 1.71. The zero-order valence-corrected chi connectivity index (χ0v) is 7.03. The van der Waals surface area contributed by atoms with Gasteiger partial charge in [0, 0.05) is 5.87 Å². The van der Waals surface area contributed by atoms with Crippen LogP contribution in [0.1, 0.15) is 0 Å². The number of rotatable bonds is 0. The van der Waals surface area contributed by atoms with E-state index in [0.29, 0.717) is 0 Å². The fraction of sp³-hybridized carbons (Fsp3) is 0.200. The number of nitrogens with zero attached hydrogens (tertiary/aromatic N) is 2. The van der Waals surface area contributed by atoms with E-state index in [0.717, 1.165) is 30.3 Å². The van der Waals surface area contributed by atoms with E-state index < -0.39 is 0 Å². The van der Waals surface area contributed by atoms with Gasteiger partial charge in [-0.2, -0.15) is 0 Å². The number of aliphatic imine (C=N–C) groups is 1. The third-order valence-corrected chi connectivity index (χ3v) is 2.25. The maximum Gasteiger partial charge on any atom is 0.145 e. The molecule has 0 amide bonds. The Morgan fingerprint density at radius 2 is 2.46 bits per heavy atom. The summed E-state index contributed by atoms with van der Waals surface area (Å²) >= 11 is 0. The van der Waals surface area contributed by atoms with Crippen molar-refractivity contribution < 1.29 is 4.74 Å². The molecular formula is C10H8N2O. The first kappa shape index (κ1) is 6.75. The molecule has 0 fully saturated rings. The highest BCUT2D eigenvalue weighted by Crippen LogP contribution is 2.40. The van der Waals surface area contributed by atoms with Crippen molar-refractivity contribution in [2.24, 2.45) is 4.99 Å². The molecule has 0 saturated carbocycles. The number of ether oxygens (including phenoxy) is 1. The Bertz CT molecular complexity index is 419. The fourth-order valence-electron chi connectivity index (χ4n) is 1.67. The molecule has 0 aromatic heterocycles. The van der Waals surface area contributed by atoms with E-state index in [1.54, 1.807) is 0 Å². The first-order valence-electron chi connectivity index (χ1n) is 4.27. The highest BCUT2D eigenvalue weighted by molar-refractivity contribution is 5.83. The molecule has 64 valence electrons. The summed E-state index contributed by atoms with van der Waals surface area (Å²) in [6.45, 7) is 1.61. The second kappa shape index (κ2) is 2.38. The van der Waals surface area contributed by atoms with E-state index in [4.69, 9.17) is 4.74 Å². The van der Waals surface area contributed by atoms with E-state index in [1.165, 1.54) is 0 Å². The summed E-state index contributed by atoms with van der Waals surface area (Å²) < 4.78 is 5.52. The van der Waals surface area contributed by atoms with Gasteiger partial charge in [0.1, 0.15) is 23.7 Å². The lowest BCUT2D eigenvalue weighted by Gasteiger charge is -2.29. The molecule has 3 heteroatoms. The van der Waals surface area contributed by atoms with Crippen LogP contribution in [0.15, 0.2) is 29.4 Å². The van der Waals surface area contributed by atoms with Gasteiger partial charge in [-0.15, -0.1) is 0 Å². The van der Waals surface area contributed by atoms with Crippen molar-refractivity contribution in [3.8, 4) is 5.75 Å². The minimum absolute atomic E-state index is 0.731. The Kier molecular flexibility index (Phi) is 1.23. The molecule has 3 rings (SSSR count). The zero-order valence-electron chi connectivity index (χ0n) is 7.03. The first-order chi connectivity index (χ1) is 6.45. The Labute approximate surface area is 76.0 Å². The third-order valence-electron chi connectivity index (χ3n) is 2.25. The lowest BCUT2D eigenvalue weighted by atomic mass is 10.2. The van der Waals surface area contributed by atoms with Crippen molar-refractivity contribution in [3.05, 3.63) is 24.4 Å². The minimum atomic E-state index is 0.731. The summed E-state index contributed by atoms with van der Waals surface area (Å²) in [5.74, 6) is 3.79. The molecule has 0 unspecified atom stereocenters. The molecule has 0 aliphatic carbocycles. The van der Waals surface area contributed by atoms with Gasteiger partial charge in [-0.1, -0.05) is 6.07 Å². The molecule has 1 aromatic rings. The second-order valence-electron chi connectivity index (χ2n) is 3.04. The highest BCUT2D eigenvalue weighted by Gasteiger charge is 2.20. The number of hydrogen-bond acceptors (Lipinski definition) is 3. The van der Waals surface area contributed by atoms with Crippen LogP contribution in [-0.2, 0) is 0 Å². The molecule has 0 atom stereocenters. The van der Waals surface area contributed by atoms with E-state index in [-0.39, 0.29) is 0 Å². The van der Waals surface area contributed by atoms with Gasteiger partial charge < -0.3 is 9.64 Å². The number of anilines is 1. The normalized spacial score (nSPS) is 16.8. The van der Waals surface area contributed by atoms with Crippen molar-refractivity contribution in [3.63, 3.8) is 0 Å². The van der Waals surface area contributed by atoms with Gasteiger partial charge in [0.25, 0.3) is 0 Å². The van der Waals surface area contributed by atoms with Crippen LogP contribution in [-0.4, -0.2) is 19.0 Å². The van der Waals surface area contributed by atoms with Gasteiger partial charge >= 0.3 is 0 Å². The molecule has 13 heavy (non-hydrogen) atoms. The molecule has 1 aromatic carbocycles. The topological polar surface area (TPSA) is 24.8 Å². The summed E-state index contributed by atoms with van der Waals surface area (Å²) in [6, 6.07) is 5.90. The van der Waals surface area contributed by atoms with Crippen LogP contribution in [0.3, 0.4) is 0 Å². The summed E-state index contributed by atoms with van der Waals surface area (Å²) in [6.07, 6.45) is 1.87. The van der Waals surface area contributed by atoms with E-state index in [1.807, 2.05) is 24.4 Å². The van der Waals surface area contributed by atoms with Crippen molar-refractivity contribution in [2.45, 2.75) is 0 Å². The minimum Gasteiger partial charge on any atom is -0.489 e. The van der Waals surface area contributed by atoms with Crippen molar-refractivity contribution in [1.29, 1.82) is 0 Å². The fourth-order valence-corrected chi connectivity index (χ4v) is 1.67. The van der Waals surface area contributed by atoms with Crippen LogP contribution in [0.5, 0.6) is 5.75 Å². The summed E-state index contributed by atoms with van der Waals surface area (Å²) in [5, 5.41) is 0. The largest absolute Gasteiger partial charge is 0.489 e. The van der Waals surface area contributed by atoms with Crippen molar-refractivity contribution in [1.82, 2.24) is 0 Å². The molecule has 0 N–H and O–H groups in total. The van der Waals surface area contributed by atoms with Crippen LogP contribution in [0.2, 0.25) is 0 Å². The number of para-hydroxylation sites is 1. The van der Waals surface area contributed by atoms with Gasteiger partial charge in [-0.25, -0.2) is 4.99 Å². The van der Waals surface area contributed by atoms with Crippen LogP contribution in [0, 0.1) is 0 Å². The molecule has 0 bridgehead atoms. The van der Waals surface area contributed by atoms with E-state index in [9.17, 15) is 0 Å². The van der Waals surface area contributed by atoms with Crippen LogP contribution >= 0.6 is 0 Å². The Morgan fingerprint density at radius 3 is 3.46 bits per heavy atom. The third kappa shape index (κ3) is 0.879. The molecule has 0 spiro atoms. The van der Waals surface area contributed by atoms with Gasteiger partial charge in [-0.05, 0) is 12.1 Å². The molecular weight excluding hydrogens is 164 g/mol. The average molecular weight is 172 g/mol. The van der Waals surface area contributed by atoms with E-state index >= 15 is 0 Å². The van der Waals surface area contributed by atoms with Crippen LogP contribution in [0.25, 0.3) is 0 Å². The first-order valence-corrected chi connectivity index (χ1v) is 4.27. The molecule has 0 radical (unpaired) electrons. The second-order valence-corrected chi connectivity index (χ2v) is 3.04. The molecule has 2 aliphatic heterocycles. The molecule has 2 aliphatic rings. The lowest BCUT2D eigenvalue weighted by Crippen LogP contribution is -2.28. The van der Waals surface area contributed by atoms with Crippen LogP contribution < -0.4 is 9.64 Å². The Balaban J connectivity index is 2.31. The Hall–Kier alpha value is -1.73. The molecule has 2 heterocycles. The molecule has 3 nitrogen and oxygen atoms in total. The SMILES string of the molecule is C1=CN2CCOc3cccc(c32)N=1. The summed E-state index contributed by atoms with van der Waals surface area (Å²) in [4.78, 5) is 6.28. The van der Waals surface area contributed by atoms with Crippen LogP contribution in [0.4, 0.5) is 11.4 Å². The standard InChI is InChI=1S/C10H8N2O/c1-2-8-10-9(3-1)13-7-6-12(10)5-4-11-8/h1-3,5H,6-7H2. The lowest BCUT2D eigenvalue weighted by molar-refractivity contribution is 0.313. The predicted molar refractivity (Wildman–Crippen MR) is 50.9 cm³/mol. The Morgan fingerprint density at radius 1 is 1.46 bits per heavy atom. The maximum absolute atomic E-state index is 5.52. The number of hydrogen-bond donors (Lipinski definition) is 0. The van der Waals surface area contributed by atoms with Gasteiger partial charge in [-0.3, -0.25) is 0 Å². The summed E-state index contributed by atoms with van der Waals surface area (Å²) in [5.41, 5.74) is 2.02. The van der Waals surface area contributed by atoms with Crippen molar-refractivity contribution >= 4 is 17.2 Å². The maximum atomic E-state index is 5.52. The van der Waals surface area contributed by atoms with Gasteiger partial charge in [0.05, 0.1) is 12.7 Å². The van der Waals surface area contributed by atoms with Crippen molar-refractivity contribution in [2.75, 3.05) is 18.1 Å². The highest BCUT2D eigenvalue weighted by atomic mass is 16.5. The molecule has 0 saturated heterocycles. The zero-order chi connectivity index (χ0) is 8.67. The van der Waals surface area contributed by atoms with E-state index in [2.05, 4.69) is 15.8 Å². The quantitative estimate of drug-likeness (QED) is 0.595. The number of benzene rings is 1. The van der Waals surface area contributed by atoms with Gasteiger partial charge in [0.2, 0.25) is 0 Å². The van der Waals surface area contributed by atoms with Gasteiger partial charge in [0.15, 0.2) is 0 Å². The smallest absolute Gasteiger partial charge is 0.145 e. The monoisotopic (exact) mass is 172 g/mol. The summed E-state index contributed by atoms with van der Waals surface area (Å²) in [7, 11) is 0. The average Bonchev–Trinajstić information content (AvgIpc) is 2.19.